The molecule has 2 heteroatoms. The summed E-state index contributed by atoms with van der Waals surface area (Å²) in [5, 5.41) is 1.90. The number of hydrogen-bond acceptors (Lipinski definition) is 0. The highest BCUT2D eigenvalue weighted by atomic mass is 79.9. The zero-order valence-electron chi connectivity index (χ0n) is 10.8. The molecule has 1 atom stereocenters. The van der Waals surface area contributed by atoms with Gasteiger partial charge in [-0.25, -0.2) is 0 Å². The lowest BCUT2D eigenvalue weighted by atomic mass is 9.77. The molecule has 0 aliphatic carbocycles. The molecular weight excluding hydrogens is 296 g/mol. The predicted molar refractivity (Wildman–Crippen MR) is 81.2 cm³/mol. The highest BCUT2D eigenvalue weighted by Gasteiger charge is 2.26. The molecule has 1 rings (SSSR count). The van der Waals surface area contributed by atoms with Crippen LogP contribution in [0.25, 0.3) is 0 Å². The average molecular weight is 318 g/mol. The van der Waals surface area contributed by atoms with E-state index in [4.69, 9.17) is 11.6 Å². The predicted octanol–water partition coefficient (Wildman–Crippen LogP) is 5.86. The Labute approximate surface area is 119 Å². The number of alkyl halides is 1. The SMILES string of the molecule is CCCCC(CC)(CBr)Cc1ccc(Cl)cc1. The fourth-order valence-corrected chi connectivity index (χ4v) is 3.19. The molecule has 0 aliphatic rings. The molecule has 0 heterocycles. The van der Waals surface area contributed by atoms with Gasteiger partial charge in [0, 0.05) is 10.4 Å². The van der Waals surface area contributed by atoms with Crippen molar-refractivity contribution in [3.63, 3.8) is 0 Å². The summed E-state index contributed by atoms with van der Waals surface area (Å²) in [6, 6.07) is 8.29. The van der Waals surface area contributed by atoms with Gasteiger partial charge in [-0.2, -0.15) is 0 Å². The Morgan fingerprint density at radius 2 is 1.82 bits per heavy atom. The molecule has 1 aromatic rings. The zero-order valence-corrected chi connectivity index (χ0v) is 13.1. The van der Waals surface area contributed by atoms with Crippen LogP contribution in [0.2, 0.25) is 5.02 Å². The maximum absolute atomic E-state index is 5.93. The van der Waals surface area contributed by atoms with Crippen molar-refractivity contribution >= 4 is 27.5 Å². The highest BCUT2D eigenvalue weighted by Crippen LogP contribution is 2.35. The summed E-state index contributed by atoms with van der Waals surface area (Å²) in [4.78, 5) is 0. The Balaban J connectivity index is 2.74. The maximum atomic E-state index is 5.93. The van der Waals surface area contributed by atoms with Crippen molar-refractivity contribution in [2.45, 2.75) is 46.0 Å². The van der Waals surface area contributed by atoms with E-state index in [0.29, 0.717) is 5.41 Å². The second kappa shape index (κ2) is 7.43. The van der Waals surface area contributed by atoms with Crippen LogP contribution in [0.4, 0.5) is 0 Å². The quantitative estimate of drug-likeness (QED) is 0.552. The summed E-state index contributed by atoms with van der Waals surface area (Å²) < 4.78 is 0. The van der Waals surface area contributed by atoms with Crippen LogP contribution in [-0.4, -0.2) is 5.33 Å². The van der Waals surface area contributed by atoms with Crippen LogP contribution in [0.5, 0.6) is 0 Å². The van der Waals surface area contributed by atoms with Gasteiger partial charge in [0.15, 0.2) is 0 Å². The second-order valence-corrected chi connectivity index (χ2v) is 5.89. The first-order valence-electron chi connectivity index (χ1n) is 6.46. The van der Waals surface area contributed by atoms with Gasteiger partial charge in [-0.3, -0.25) is 0 Å². The van der Waals surface area contributed by atoms with E-state index in [1.807, 2.05) is 12.1 Å². The van der Waals surface area contributed by atoms with Gasteiger partial charge in [-0.1, -0.05) is 66.4 Å². The summed E-state index contributed by atoms with van der Waals surface area (Å²) in [6.07, 6.45) is 6.25. The van der Waals surface area contributed by atoms with Crippen LogP contribution in [0.15, 0.2) is 24.3 Å². The lowest BCUT2D eigenvalue weighted by Crippen LogP contribution is -2.24. The Hall–Kier alpha value is -0.0100. The molecular formula is C15H22BrCl. The van der Waals surface area contributed by atoms with Crippen LogP contribution < -0.4 is 0 Å². The Kier molecular flexibility index (Phi) is 6.58. The topological polar surface area (TPSA) is 0 Å². The fourth-order valence-electron chi connectivity index (χ4n) is 2.19. The van der Waals surface area contributed by atoms with Crippen LogP contribution in [0.1, 0.15) is 45.1 Å². The number of benzene rings is 1. The Morgan fingerprint density at radius 1 is 1.18 bits per heavy atom. The molecule has 0 bridgehead atoms. The van der Waals surface area contributed by atoms with Crippen molar-refractivity contribution in [3.8, 4) is 0 Å². The van der Waals surface area contributed by atoms with Crippen LogP contribution in [0, 0.1) is 5.41 Å². The minimum atomic E-state index is 0.407. The molecule has 0 aromatic heterocycles. The minimum absolute atomic E-state index is 0.407. The average Bonchev–Trinajstić information content (AvgIpc) is 2.37. The van der Waals surface area contributed by atoms with Gasteiger partial charge in [-0.05, 0) is 42.4 Å². The van der Waals surface area contributed by atoms with E-state index in [1.165, 1.54) is 31.2 Å². The third-order valence-corrected chi connectivity index (χ3v) is 5.03. The molecule has 0 fully saturated rings. The van der Waals surface area contributed by atoms with Crippen molar-refractivity contribution in [1.29, 1.82) is 0 Å². The molecule has 0 spiro atoms. The third-order valence-electron chi connectivity index (χ3n) is 3.59. The molecule has 0 saturated heterocycles. The lowest BCUT2D eigenvalue weighted by molar-refractivity contribution is 0.284. The number of halogens is 2. The normalized spacial score (nSPS) is 14.6. The number of rotatable bonds is 7. The summed E-state index contributed by atoms with van der Waals surface area (Å²) in [7, 11) is 0. The summed E-state index contributed by atoms with van der Waals surface area (Å²) in [5.74, 6) is 0. The number of unbranched alkanes of at least 4 members (excludes halogenated alkanes) is 1. The van der Waals surface area contributed by atoms with Gasteiger partial charge < -0.3 is 0 Å². The van der Waals surface area contributed by atoms with Gasteiger partial charge in [0.05, 0.1) is 0 Å². The lowest BCUT2D eigenvalue weighted by Gasteiger charge is -2.31. The van der Waals surface area contributed by atoms with Gasteiger partial charge in [0.2, 0.25) is 0 Å². The molecule has 96 valence electrons. The Morgan fingerprint density at radius 3 is 2.29 bits per heavy atom. The maximum Gasteiger partial charge on any atom is 0.0406 e. The number of hydrogen-bond donors (Lipinski definition) is 0. The van der Waals surface area contributed by atoms with Crippen molar-refractivity contribution in [2.24, 2.45) is 5.41 Å². The first-order chi connectivity index (χ1) is 8.15. The molecule has 0 N–H and O–H groups in total. The monoisotopic (exact) mass is 316 g/mol. The van der Waals surface area contributed by atoms with E-state index in [9.17, 15) is 0 Å². The summed E-state index contributed by atoms with van der Waals surface area (Å²) in [6.45, 7) is 4.56. The van der Waals surface area contributed by atoms with Gasteiger partial charge in [-0.15, -0.1) is 0 Å². The molecule has 1 aromatic carbocycles. The van der Waals surface area contributed by atoms with E-state index in [1.54, 1.807) is 0 Å². The zero-order chi connectivity index (χ0) is 12.7. The third kappa shape index (κ3) is 4.63. The van der Waals surface area contributed by atoms with E-state index in [0.717, 1.165) is 16.8 Å². The van der Waals surface area contributed by atoms with Crippen molar-refractivity contribution in [1.82, 2.24) is 0 Å². The molecule has 0 nitrogen and oxygen atoms in total. The van der Waals surface area contributed by atoms with Gasteiger partial charge >= 0.3 is 0 Å². The van der Waals surface area contributed by atoms with Crippen molar-refractivity contribution < 1.29 is 0 Å². The minimum Gasteiger partial charge on any atom is -0.0922 e. The van der Waals surface area contributed by atoms with E-state index in [-0.39, 0.29) is 0 Å². The van der Waals surface area contributed by atoms with Crippen molar-refractivity contribution in [3.05, 3.63) is 34.9 Å². The second-order valence-electron chi connectivity index (χ2n) is 4.89. The van der Waals surface area contributed by atoms with E-state index in [2.05, 4.69) is 41.9 Å². The van der Waals surface area contributed by atoms with Crippen LogP contribution in [-0.2, 0) is 6.42 Å². The molecule has 0 amide bonds. The summed E-state index contributed by atoms with van der Waals surface area (Å²) in [5.41, 5.74) is 1.80. The smallest absolute Gasteiger partial charge is 0.0406 e. The van der Waals surface area contributed by atoms with Crippen molar-refractivity contribution in [2.75, 3.05) is 5.33 Å². The molecule has 0 saturated carbocycles. The highest BCUT2D eigenvalue weighted by molar-refractivity contribution is 9.09. The molecule has 0 radical (unpaired) electrons. The van der Waals surface area contributed by atoms with Gasteiger partial charge in [0.25, 0.3) is 0 Å². The first-order valence-corrected chi connectivity index (χ1v) is 7.96. The van der Waals surface area contributed by atoms with E-state index < -0.39 is 0 Å². The van der Waals surface area contributed by atoms with E-state index >= 15 is 0 Å². The fraction of sp³-hybridized carbons (Fsp3) is 0.600. The standard InChI is InChI=1S/C15H22BrCl/c1-3-5-10-15(4-2,12-16)11-13-6-8-14(17)9-7-13/h6-9H,3-5,10-12H2,1-2H3. The molecule has 0 aliphatic heterocycles. The van der Waals surface area contributed by atoms with Crippen LogP contribution in [0.3, 0.4) is 0 Å². The Bertz CT molecular complexity index is 314. The molecule has 1 unspecified atom stereocenters. The largest absolute Gasteiger partial charge is 0.0922 e. The summed E-state index contributed by atoms with van der Waals surface area (Å²) >= 11 is 9.63. The first kappa shape index (κ1) is 15.0. The molecule has 17 heavy (non-hydrogen) atoms. The van der Waals surface area contributed by atoms with Crippen LogP contribution >= 0.6 is 27.5 Å². The van der Waals surface area contributed by atoms with Gasteiger partial charge in [0.1, 0.15) is 0 Å².